The molecule has 2 aromatic rings. The highest BCUT2D eigenvalue weighted by Gasteiger charge is 2.33. The summed E-state index contributed by atoms with van der Waals surface area (Å²) < 4.78 is 35.4. The Labute approximate surface area is 196 Å². The second-order valence-electron chi connectivity index (χ2n) is 8.30. The average Bonchev–Trinajstić information content (AvgIpc) is 3.26. The van der Waals surface area contributed by atoms with Gasteiger partial charge >= 0.3 is 0 Å². The molecule has 1 N–H and O–H groups in total. The summed E-state index contributed by atoms with van der Waals surface area (Å²) in [7, 11) is -2.36. The van der Waals surface area contributed by atoms with Gasteiger partial charge in [0.2, 0.25) is 10.0 Å². The second kappa shape index (κ2) is 11.1. The molecule has 0 aliphatic carbocycles. The van der Waals surface area contributed by atoms with Gasteiger partial charge in [0.05, 0.1) is 25.5 Å². The molecule has 1 amide bonds. The third kappa shape index (κ3) is 5.93. The third-order valence-electron chi connectivity index (χ3n) is 6.19. The van der Waals surface area contributed by atoms with Crippen molar-refractivity contribution in [2.75, 3.05) is 38.6 Å². The molecular formula is C23H35N5O4S. The Morgan fingerprint density at radius 3 is 2.70 bits per heavy atom. The van der Waals surface area contributed by atoms with Crippen LogP contribution in [0.4, 0.5) is 5.69 Å². The number of piperidine rings is 1. The van der Waals surface area contributed by atoms with E-state index < -0.39 is 15.9 Å². The maximum atomic E-state index is 13.4. The van der Waals surface area contributed by atoms with Gasteiger partial charge < -0.3 is 15.0 Å². The predicted molar refractivity (Wildman–Crippen MR) is 128 cm³/mol. The summed E-state index contributed by atoms with van der Waals surface area (Å²) in [5.74, 6) is -0.169. The number of likely N-dealkylation sites (N-methyl/N-ethyl adjacent to an activating group) is 1. The number of nitrogens with one attached hydrogen (secondary N) is 1. The topological polar surface area (TPSA) is 96.8 Å². The van der Waals surface area contributed by atoms with Crippen molar-refractivity contribution >= 4 is 21.6 Å². The van der Waals surface area contributed by atoms with E-state index in [0.29, 0.717) is 12.2 Å². The fourth-order valence-electron chi connectivity index (χ4n) is 4.11. The van der Waals surface area contributed by atoms with Gasteiger partial charge in [0.15, 0.2) is 0 Å². The number of carbonyl (C=O) groups is 1. The molecule has 182 valence electrons. The summed E-state index contributed by atoms with van der Waals surface area (Å²) >= 11 is 0. The Kier molecular flexibility index (Phi) is 8.50. The number of carbonyl (C=O) groups excluding carboxylic acids is 1. The summed E-state index contributed by atoms with van der Waals surface area (Å²) in [5.41, 5.74) is 0.805. The van der Waals surface area contributed by atoms with Gasteiger partial charge in [-0.1, -0.05) is 20.3 Å². The lowest BCUT2D eigenvalue weighted by atomic mass is 10.1. The van der Waals surface area contributed by atoms with Gasteiger partial charge in [0.25, 0.3) is 5.91 Å². The lowest BCUT2D eigenvalue weighted by Gasteiger charge is -2.32. The molecule has 1 fully saturated rings. The smallest absolute Gasteiger partial charge is 0.255 e. The zero-order chi connectivity index (χ0) is 24.0. The first-order chi connectivity index (χ1) is 15.8. The van der Waals surface area contributed by atoms with Gasteiger partial charge in [0, 0.05) is 30.9 Å². The summed E-state index contributed by atoms with van der Waals surface area (Å²) in [5, 5.41) is 7.12. The fourth-order valence-corrected chi connectivity index (χ4v) is 5.99. The Morgan fingerprint density at radius 2 is 2.03 bits per heavy atom. The van der Waals surface area contributed by atoms with Crippen molar-refractivity contribution in [1.29, 1.82) is 0 Å². The number of ether oxygens (including phenoxy) is 1. The molecule has 1 aromatic carbocycles. The molecule has 1 saturated heterocycles. The quantitative estimate of drug-likeness (QED) is 0.565. The van der Waals surface area contributed by atoms with E-state index in [4.69, 9.17) is 4.74 Å². The average molecular weight is 478 g/mol. The Hall–Kier alpha value is -2.43. The molecule has 0 bridgehead atoms. The maximum Gasteiger partial charge on any atom is 0.255 e. The fraction of sp³-hybridized carbons (Fsp3) is 0.565. The highest BCUT2D eigenvalue weighted by atomic mass is 32.2. The van der Waals surface area contributed by atoms with Gasteiger partial charge in [-0.3, -0.25) is 9.48 Å². The van der Waals surface area contributed by atoms with Crippen LogP contribution < -0.4 is 10.1 Å². The van der Waals surface area contributed by atoms with Crippen LogP contribution in [0.5, 0.6) is 5.75 Å². The number of methoxy groups -OCH3 is 1. The molecule has 0 radical (unpaired) electrons. The standard InChI is InChI=1S/C23H35N5O4S/c1-5-26(6-2)13-14-27-17-20(16-24-27)25-23(29)19-10-11-21(32-4)22(15-19)33(30,31)28-12-8-7-9-18(28)3/h10-11,15-18H,5-9,12-14H2,1-4H3,(H,25,29). The Bertz CT molecular complexity index is 1050. The summed E-state index contributed by atoms with van der Waals surface area (Å²) in [6, 6.07) is 4.41. The van der Waals surface area contributed by atoms with Crippen LogP contribution in [0.25, 0.3) is 0 Å². The number of benzene rings is 1. The molecule has 0 spiro atoms. The molecule has 33 heavy (non-hydrogen) atoms. The Balaban J connectivity index is 1.77. The minimum absolute atomic E-state index is 0.0151. The number of sulfonamides is 1. The molecule has 9 nitrogen and oxygen atoms in total. The van der Waals surface area contributed by atoms with Crippen LogP contribution in [0.2, 0.25) is 0 Å². The molecule has 1 aliphatic heterocycles. The van der Waals surface area contributed by atoms with E-state index in [1.54, 1.807) is 23.1 Å². The first kappa shape index (κ1) is 25.2. The first-order valence-electron chi connectivity index (χ1n) is 11.6. The number of hydrogen-bond donors (Lipinski definition) is 1. The first-order valence-corrected chi connectivity index (χ1v) is 13.0. The van der Waals surface area contributed by atoms with Crippen LogP contribution in [0, 0.1) is 0 Å². The van der Waals surface area contributed by atoms with Crippen LogP contribution in [-0.2, 0) is 16.6 Å². The monoisotopic (exact) mass is 477 g/mol. The number of amides is 1. The summed E-state index contributed by atoms with van der Waals surface area (Å²) in [4.78, 5) is 15.2. The zero-order valence-corrected chi connectivity index (χ0v) is 20.8. The van der Waals surface area contributed by atoms with Crippen LogP contribution >= 0.6 is 0 Å². The minimum Gasteiger partial charge on any atom is -0.495 e. The number of aromatic nitrogens is 2. The van der Waals surface area contributed by atoms with Crippen molar-refractivity contribution in [3.05, 3.63) is 36.2 Å². The minimum atomic E-state index is -3.79. The van der Waals surface area contributed by atoms with Crippen LogP contribution in [0.3, 0.4) is 0 Å². The summed E-state index contributed by atoms with van der Waals surface area (Å²) in [6.07, 6.45) is 6.02. The van der Waals surface area contributed by atoms with Crippen molar-refractivity contribution in [3.8, 4) is 5.75 Å². The highest BCUT2D eigenvalue weighted by Crippen LogP contribution is 2.31. The van der Waals surface area contributed by atoms with E-state index in [2.05, 4.69) is 29.2 Å². The molecule has 3 rings (SSSR count). The second-order valence-corrected chi connectivity index (χ2v) is 10.2. The van der Waals surface area contributed by atoms with E-state index in [1.165, 1.54) is 23.5 Å². The van der Waals surface area contributed by atoms with Crippen LogP contribution in [0.15, 0.2) is 35.5 Å². The van der Waals surface area contributed by atoms with E-state index >= 15 is 0 Å². The zero-order valence-electron chi connectivity index (χ0n) is 20.0. The van der Waals surface area contributed by atoms with Crippen molar-refractivity contribution in [2.24, 2.45) is 0 Å². The van der Waals surface area contributed by atoms with Crippen LogP contribution in [0.1, 0.15) is 50.4 Å². The number of hydrogen-bond acceptors (Lipinski definition) is 6. The molecule has 1 aromatic heterocycles. The third-order valence-corrected chi connectivity index (χ3v) is 8.22. The normalized spacial score (nSPS) is 17.3. The van der Waals surface area contributed by atoms with Crippen molar-refractivity contribution in [1.82, 2.24) is 19.0 Å². The largest absolute Gasteiger partial charge is 0.495 e. The van der Waals surface area contributed by atoms with Gasteiger partial charge in [-0.15, -0.1) is 0 Å². The van der Waals surface area contributed by atoms with E-state index in [1.807, 2.05) is 6.92 Å². The summed E-state index contributed by atoms with van der Waals surface area (Å²) in [6.45, 7) is 10.2. The van der Waals surface area contributed by atoms with Gasteiger partial charge in [-0.25, -0.2) is 8.42 Å². The van der Waals surface area contributed by atoms with Crippen LogP contribution in [-0.4, -0.2) is 72.6 Å². The van der Waals surface area contributed by atoms with Crippen molar-refractivity contribution in [2.45, 2.75) is 57.5 Å². The van der Waals surface area contributed by atoms with Gasteiger partial charge in [-0.05, 0) is 51.1 Å². The molecular weight excluding hydrogens is 442 g/mol. The molecule has 0 saturated carbocycles. The molecule has 1 atom stereocenters. The molecule has 2 heterocycles. The van der Waals surface area contributed by atoms with Crippen molar-refractivity contribution in [3.63, 3.8) is 0 Å². The SMILES string of the molecule is CCN(CC)CCn1cc(NC(=O)c2ccc(OC)c(S(=O)(=O)N3CCCCC3C)c2)cn1. The maximum absolute atomic E-state index is 13.4. The van der Waals surface area contributed by atoms with E-state index in [0.717, 1.165) is 45.4 Å². The molecule has 1 unspecified atom stereocenters. The van der Waals surface area contributed by atoms with E-state index in [-0.39, 0.29) is 22.3 Å². The number of rotatable bonds is 10. The number of nitrogens with zero attached hydrogens (tertiary/aromatic N) is 4. The molecule has 10 heteroatoms. The predicted octanol–water partition coefficient (Wildman–Crippen LogP) is 3.05. The lowest BCUT2D eigenvalue weighted by molar-refractivity contribution is 0.102. The Morgan fingerprint density at radius 1 is 1.27 bits per heavy atom. The van der Waals surface area contributed by atoms with Gasteiger partial charge in [-0.2, -0.15) is 9.40 Å². The van der Waals surface area contributed by atoms with E-state index in [9.17, 15) is 13.2 Å². The molecule has 1 aliphatic rings. The highest BCUT2D eigenvalue weighted by molar-refractivity contribution is 7.89. The van der Waals surface area contributed by atoms with Crippen molar-refractivity contribution < 1.29 is 17.9 Å². The van der Waals surface area contributed by atoms with Gasteiger partial charge in [0.1, 0.15) is 10.6 Å². The number of anilines is 1. The lowest BCUT2D eigenvalue weighted by Crippen LogP contribution is -2.42.